The fourth-order valence-electron chi connectivity index (χ4n) is 1.03. The molecule has 0 radical (unpaired) electrons. The third-order valence-corrected chi connectivity index (χ3v) is 1.57. The summed E-state index contributed by atoms with van der Waals surface area (Å²) in [5.41, 5.74) is 6.66. The van der Waals surface area contributed by atoms with Crippen LogP contribution < -0.4 is 5.73 Å². The fraction of sp³-hybridized carbons (Fsp3) is 0.375. The monoisotopic (exact) mass is 162 g/mol. The van der Waals surface area contributed by atoms with E-state index in [4.69, 9.17) is 11.0 Å². The second kappa shape index (κ2) is 3.18. The van der Waals surface area contributed by atoms with E-state index >= 15 is 0 Å². The molecule has 0 saturated carbocycles. The third kappa shape index (κ3) is 1.35. The molecule has 0 spiro atoms. The molecule has 0 saturated heterocycles. The second-order valence-corrected chi connectivity index (χ2v) is 2.44. The SMILES string of the molecule is CCc1nc(C)nc(N)c1C#N. The predicted octanol–water partition coefficient (Wildman–Crippen LogP) is 0.801. The van der Waals surface area contributed by atoms with Crippen molar-refractivity contribution in [1.82, 2.24) is 9.97 Å². The average molecular weight is 162 g/mol. The van der Waals surface area contributed by atoms with Crippen molar-refractivity contribution in [2.24, 2.45) is 0 Å². The summed E-state index contributed by atoms with van der Waals surface area (Å²) in [7, 11) is 0. The number of aromatic nitrogens is 2. The molecule has 1 heterocycles. The van der Waals surface area contributed by atoms with E-state index in [0.717, 1.165) is 5.69 Å². The number of aryl methyl sites for hydroxylation is 2. The Hall–Kier alpha value is -1.63. The first-order valence-corrected chi connectivity index (χ1v) is 3.72. The van der Waals surface area contributed by atoms with Crippen molar-refractivity contribution >= 4 is 5.82 Å². The quantitative estimate of drug-likeness (QED) is 0.662. The van der Waals surface area contributed by atoms with E-state index < -0.39 is 0 Å². The molecule has 0 bridgehead atoms. The van der Waals surface area contributed by atoms with Crippen LogP contribution in [0.15, 0.2) is 0 Å². The summed E-state index contributed by atoms with van der Waals surface area (Å²) in [6.45, 7) is 3.69. The lowest BCUT2D eigenvalue weighted by Crippen LogP contribution is -2.04. The van der Waals surface area contributed by atoms with Crippen molar-refractivity contribution in [2.45, 2.75) is 20.3 Å². The molecular weight excluding hydrogens is 152 g/mol. The van der Waals surface area contributed by atoms with E-state index in [1.165, 1.54) is 0 Å². The summed E-state index contributed by atoms with van der Waals surface area (Å²) in [6, 6.07) is 1.99. The Morgan fingerprint density at radius 2 is 2.17 bits per heavy atom. The molecule has 62 valence electrons. The van der Waals surface area contributed by atoms with Crippen LogP contribution in [-0.4, -0.2) is 9.97 Å². The molecule has 0 aromatic carbocycles. The molecule has 1 rings (SSSR count). The van der Waals surface area contributed by atoms with Gasteiger partial charge in [0.15, 0.2) is 0 Å². The van der Waals surface area contributed by atoms with Crippen molar-refractivity contribution < 1.29 is 0 Å². The minimum atomic E-state index is 0.279. The highest BCUT2D eigenvalue weighted by Crippen LogP contribution is 2.12. The van der Waals surface area contributed by atoms with Crippen molar-refractivity contribution in [1.29, 1.82) is 5.26 Å². The number of hydrogen-bond acceptors (Lipinski definition) is 4. The highest BCUT2D eigenvalue weighted by molar-refractivity contribution is 5.50. The van der Waals surface area contributed by atoms with Crippen LogP contribution in [0, 0.1) is 18.3 Å². The van der Waals surface area contributed by atoms with Gasteiger partial charge in [0.2, 0.25) is 0 Å². The Labute approximate surface area is 71.1 Å². The second-order valence-electron chi connectivity index (χ2n) is 2.44. The number of nitrogens with two attached hydrogens (primary N) is 1. The van der Waals surface area contributed by atoms with Gasteiger partial charge in [-0.05, 0) is 13.3 Å². The standard InChI is InChI=1S/C8H10N4/c1-3-7-6(4-9)8(10)12-5(2)11-7/h3H2,1-2H3,(H2,10,11,12). The summed E-state index contributed by atoms with van der Waals surface area (Å²) in [5, 5.41) is 8.71. The number of nitrogens with zero attached hydrogens (tertiary/aromatic N) is 3. The summed E-state index contributed by atoms with van der Waals surface area (Å²) in [4.78, 5) is 8.01. The molecule has 1 aromatic rings. The highest BCUT2D eigenvalue weighted by Gasteiger charge is 2.07. The zero-order valence-corrected chi connectivity index (χ0v) is 7.13. The molecule has 0 aliphatic heterocycles. The Kier molecular flexibility index (Phi) is 2.24. The maximum Gasteiger partial charge on any atom is 0.145 e. The van der Waals surface area contributed by atoms with Crippen molar-refractivity contribution in [3.8, 4) is 6.07 Å². The van der Waals surface area contributed by atoms with Gasteiger partial charge in [-0.15, -0.1) is 0 Å². The molecule has 0 aliphatic carbocycles. The Morgan fingerprint density at radius 1 is 1.50 bits per heavy atom. The summed E-state index contributed by atoms with van der Waals surface area (Å²) < 4.78 is 0. The van der Waals surface area contributed by atoms with Crippen LogP contribution in [0.2, 0.25) is 0 Å². The predicted molar refractivity (Wildman–Crippen MR) is 45.3 cm³/mol. The molecule has 0 aliphatic rings. The van der Waals surface area contributed by atoms with Gasteiger partial charge in [-0.3, -0.25) is 0 Å². The molecule has 1 aromatic heterocycles. The molecule has 0 atom stereocenters. The zero-order chi connectivity index (χ0) is 9.14. The van der Waals surface area contributed by atoms with E-state index in [1.54, 1.807) is 6.92 Å². The van der Waals surface area contributed by atoms with Crippen molar-refractivity contribution in [3.05, 3.63) is 17.1 Å². The maximum atomic E-state index is 8.71. The number of anilines is 1. The summed E-state index contributed by atoms with van der Waals surface area (Å²) >= 11 is 0. The first-order chi connectivity index (χ1) is 5.69. The third-order valence-electron chi connectivity index (χ3n) is 1.57. The summed E-state index contributed by atoms with van der Waals surface area (Å²) in [6.07, 6.45) is 0.705. The van der Waals surface area contributed by atoms with Crippen LogP contribution in [0.25, 0.3) is 0 Å². The molecule has 0 fully saturated rings. The van der Waals surface area contributed by atoms with Gasteiger partial charge in [-0.2, -0.15) is 5.26 Å². The van der Waals surface area contributed by atoms with Crippen molar-refractivity contribution in [3.63, 3.8) is 0 Å². The first-order valence-electron chi connectivity index (χ1n) is 3.72. The molecule has 0 unspecified atom stereocenters. The van der Waals surface area contributed by atoms with Gasteiger partial charge in [0.25, 0.3) is 0 Å². The molecular formula is C8H10N4. The topological polar surface area (TPSA) is 75.6 Å². The molecule has 4 heteroatoms. The Balaban J connectivity index is 3.36. The number of rotatable bonds is 1. The van der Waals surface area contributed by atoms with Crippen LogP contribution in [0.4, 0.5) is 5.82 Å². The van der Waals surface area contributed by atoms with E-state index in [9.17, 15) is 0 Å². The van der Waals surface area contributed by atoms with Gasteiger partial charge in [0.05, 0.1) is 5.69 Å². The fourth-order valence-corrected chi connectivity index (χ4v) is 1.03. The van der Waals surface area contributed by atoms with E-state index in [2.05, 4.69) is 9.97 Å². The van der Waals surface area contributed by atoms with E-state index in [0.29, 0.717) is 17.8 Å². The van der Waals surface area contributed by atoms with Gasteiger partial charge in [-0.25, -0.2) is 9.97 Å². The molecule has 0 amide bonds. The van der Waals surface area contributed by atoms with Crippen LogP contribution >= 0.6 is 0 Å². The van der Waals surface area contributed by atoms with Crippen LogP contribution in [0.1, 0.15) is 24.0 Å². The first kappa shape index (κ1) is 8.47. The molecule has 2 N–H and O–H groups in total. The number of hydrogen-bond donors (Lipinski definition) is 1. The maximum absolute atomic E-state index is 8.71. The van der Waals surface area contributed by atoms with Gasteiger partial charge in [0, 0.05) is 0 Å². The average Bonchev–Trinajstić information content (AvgIpc) is 2.03. The van der Waals surface area contributed by atoms with Crippen LogP contribution in [0.3, 0.4) is 0 Å². The Bertz CT molecular complexity index is 338. The van der Waals surface area contributed by atoms with Crippen molar-refractivity contribution in [2.75, 3.05) is 5.73 Å². The number of nitriles is 1. The minimum Gasteiger partial charge on any atom is -0.382 e. The number of nitrogen functional groups attached to an aromatic ring is 1. The Morgan fingerprint density at radius 3 is 2.67 bits per heavy atom. The zero-order valence-electron chi connectivity index (χ0n) is 7.13. The van der Waals surface area contributed by atoms with Crippen LogP contribution in [0.5, 0.6) is 0 Å². The highest BCUT2D eigenvalue weighted by atomic mass is 14.9. The van der Waals surface area contributed by atoms with E-state index in [1.807, 2.05) is 13.0 Å². The molecule has 4 nitrogen and oxygen atoms in total. The largest absolute Gasteiger partial charge is 0.382 e. The molecule has 12 heavy (non-hydrogen) atoms. The lowest BCUT2D eigenvalue weighted by atomic mass is 10.2. The normalized spacial score (nSPS) is 9.42. The van der Waals surface area contributed by atoms with E-state index in [-0.39, 0.29) is 5.82 Å². The van der Waals surface area contributed by atoms with Gasteiger partial charge in [0.1, 0.15) is 23.3 Å². The lowest BCUT2D eigenvalue weighted by molar-refractivity contribution is 0.946. The van der Waals surface area contributed by atoms with Gasteiger partial charge < -0.3 is 5.73 Å². The minimum absolute atomic E-state index is 0.279. The smallest absolute Gasteiger partial charge is 0.145 e. The van der Waals surface area contributed by atoms with Crippen LogP contribution in [-0.2, 0) is 6.42 Å². The van der Waals surface area contributed by atoms with Gasteiger partial charge >= 0.3 is 0 Å². The summed E-state index contributed by atoms with van der Waals surface area (Å²) in [5.74, 6) is 0.894. The lowest BCUT2D eigenvalue weighted by Gasteiger charge is -2.02. The van der Waals surface area contributed by atoms with Gasteiger partial charge in [-0.1, -0.05) is 6.92 Å².